The third-order valence-corrected chi connectivity index (χ3v) is 4.63. The van der Waals surface area contributed by atoms with E-state index in [2.05, 4.69) is 5.16 Å². The number of benzene rings is 2. The van der Waals surface area contributed by atoms with Gasteiger partial charge in [0, 0.05) is 18.1 Å². The predicted molar refractivity (Wildman–Crippen MR) is 91.9 cm³/mol. The van der Waals surface area contributed by atoms with Crippen LogP contribution in [0.5, 0.6) is 0 Å². The number of rotatable bonds is 3. The summed E-state index contributed by atoms with van der Waals surface area (Å²) in [5.74, 6) is -1.17. The lowest BCUT2D eigenvalue weighted by Crippen LogP contribution is -2.28. The monoisotopic (exact) mass is 334 g/mol. The number of allylic oxidation sites excluding steroid dienone is 2. The van der Waals surface area contributed by atoms with Crippen LogP contribution in [0.2, 0.25) is 0 Å². The number of nitrogens with zero attached hydrogens (tertiary/aromatic N) is 2. The third kappa shape index (κ3) is 2.71. The first kappa shape index (κ1) is 15.3. The van der Waals surface area contributed by atoms with Crippen molar-refractivity contribution in [2.75, 3.05) is 0 Å². The van der Waals surface area contributed by atoms with Crippen molar-refractivity contribution in [3.05, 3.63) is 81.9 Å². The number of carbonyl (C=O) groups excluding carboxylic acids is 1. The minimum Gasteiger partial charge on any atom is -0.317 e. The molecule has 6 nitrogen and oxygen atoms in total. The topological polar surface area (TPSA) is 81.8 Å². The fraction of sp³-hybridized carbons (Fsp3) is 0.158. The smallest absolute Gasteiger partial charge is 0.317 e. The van der Waals surface area contributed by atoms with E-state index in [1.807, 2.05) is 42.5 Å². The number of oxime groups is 1. The van der Waals surface area contributed by atoms with Gasteiger partial charge >= 0.3 is 5.97 Å². The van der Waals surface area contributed by atoms with E-state index >= 15 is 0 Å². The maximum absolute atomic E-state index is 12.2. The van der Waals surface area contributed by atoms with Crippen LogP contribution in [-0.2, 0) is 9.63 Å². The van der Waals surface area contributed by atoms with E-state index in [-0.39, 0.29) is 11.6 Å². The van der Waals surface area contributed by atoms with Crippen LogP contribution in [-0.4, -0.2) is 16.6 Å². The number of carbonyl (C=O) groups is 1. The average molecular weight is 334 g/mol. The molecule has 0 saturated carbocycles. The lowest BCUT2D eigenvalue weighted by molar-refractivity contribution is -0.384. The Morgan fingerprint density at radius 3 is 2.68 bits per heavy atom. The molecule has 25 heavy (non-hydrogen) atoms. The molecular formula is C19H14N2O4. The minimum atomic E-state index is -0.519. The lowest BCUT2D eigenvalue weighted by atomic mass is 9.73. The molecular weight excluding hydrogens is 320 g/mol. The Morgan fingerprint density at radius 2 is 1.92 bits per heavy atom. The summed E-state index contributed by atoms with van der Waals surface area (Å²) in [6.07, 6.45) is 2.47. The molecule has 1 heterocycles. The van der Waals surface area contributed by atoms with Crippen LogP contribution in [0.25, 0.3) is 5.57 Å². The molecule has 0 N–H and O–H groups in total. The molecule has 0 radical (unpaired) electrons. The van der Waals surface area contributed by atoms with Crippen LogP contribution in [0.1, 0.15) is 23.5 Å². The van der Waals surface area contributed by atoms with E-state index in [1.165, 1.54) is 12.1 Å². The Labute approximate surface area is 143 Å². The maximum Gasteiger partial charge on any atom is 0.344 e. The van der Waals surface area contributed by atoms with Gasteiger partial charge in [0.1, 0.15) is 5.92 Å². The molecule has 124 valence electrons. The number of nitro benzene ring substituents is 1. The lowest BCUT2D eigenvalue weighted by Gasteiger charge is -2.27. The molecule has 0 fully saturated rings. The second-order valence-electron chi connectivity index (χ2n) is 6.10. The zero-order chi connectivity index (χ0) is 17.4. The quantitative estimate of drug-likeness (QED) is 0.487. The largest absolute Gasteiger partial charge is 0.344 e. The highest BCUT2D eigenvalue weighted by atomic mass is 16.7. The number of fused-ring (bicyclic) bond motifs is 1. The van der Waals surface area contributed by atoms with Crippen molar-refractivity contribution >= 4 is 22.9 Å². The van der Waals surface area contributed by atoms with Crippen molar-refractivity contribution in [3.8, 4) is 0 Å². The van der Waals surface area contributed by atoms with Gasteiger partial charge < -0.3 is 4.84 Å². The molecule has 0 aromatic heterocycles. The highest BCUT2D eigenvalue weighted by molar-refractivity contribution is 6.15. The SMILES string of the molecule is O=C1ON=C2C=C(c3ccccc3)CC(c3cccc([N+](=O)[O-])c3)C12. The first-order chi connectivity index (χ1) is 12.1. The van der Waals surface area contributed by atoms with E-state index < -0.39 is 16.8 Å². The fourth-order valence-electron chi connectivity index (χ4n) is 3.44. The molecule has 0 bridgehead atoms. The van der Waals surface area contributed by atoms with Gasteiger partial charge in [0.2, 0.25) is 0 Å². The first-order valence-electron chi connectivity index (χ1n) is 7.92. The summed E-state index contributed by atoms with van der Waals surface area (Å²) >= 11 is 0. The Morgan fingerprint density at radius 1 is 1.12 bits per heavy atom. The second-order valence-corrected chi connectivity index (χ2v) is 6.10. The van der Waals surface area contributed by atoms with Crippen LogP contribution in [0.4, 0.5) is 5.69 Å². The van der Waals surface area contributed by atoms with Gasteiger partial charge in [0.25, 0.3) is 5.69 Å². The Bertz CT molecular complexity index is 918. The number of hydrogen-bond acceptors (Lipinski definition) is 5. The number of nitro groups is 1. The Kier molecular flexibility index (Phi) is 3.65. The van der Waals surface area contributed by atoms with Crippen molar-refractivity contribution in [1.82, 2.24) is 0 Å². The molecule has 1 aliphatic heterocycles. The zero-order valence-electron chi connectivity index (χ0n) is 13.2. The molecule has 2 unspecified atom stereocenters. The van der Waals surface area contributed by atoms with Crippen LogP contribution in [0, 0.1) is 16.0 Å². The molecule has 0 saturated heterocycles. The van der Waals surface area contributed by atoms with Crippen LogP contribution >= 0.6 is 0 Å². The summed E-state index contributed by atoms with van der Waals surface area (Å²) < 4.78 is 0. The highest BCUT2D eigenvalue weighted by Crippen LogP contribution is 2.43. The molecule has 2 aromatic carbocycles. The molecule has 0 amide bonds. The summed E-state index contributed by atoms with van der Waals surface area (Å²) in [7, 11) is 0. The molecule has 4 rings (SSSR count). The van der Waals surface area contributed by atoms with Gasteiger partial charge in [0.15, 0.2) is 0 Å². The van der Waals surface area contributed by atoms with Gasteiger partial charge in [0.05, 0.1) is 10.6 Å². The summed E-state index contributed by atoms with van der Waals surface area (Å²) in [6, 6.07) is 16.3. The third-order valence-electron chi connectivity index (χ3n) is 4.63. The van der Waals surface area contributed by atoms with E-state index in [0.29, 0.717) is 12.1 Å². The van der Waals surface area contributed by atoms with Crippen molar-refractivity contribution in [2.24, 2.45) is 11.1 Å². The summed E-state index contributed by atoms with van der Waals surface area (Å²) in [5, 5.41) is 15.0. The molecule has 0 spiro atoms. The Balaban J connectivity index is 1.78. The highest BCUT2D eigenvalue weighted by Gasteiger charge is 2.42. The van der Waals surface area contributed by atoms with Crippen LogP contribution < -0.4 is 0 Å². The second kappa shape index (κ2) is 5.98. The number of non-ortho nitro benzene ring substituents is 1. The molecule has 2 atom stereocenters. The summed E-state index contributed by atoms with van der Waals surface area (Å²) in [4.78, 5) is 27.7. The minimum absolute atomic E-state index is 0.0122. The van der Waals surface area contributed by atoms with Crippen LogP contribution in [0.15, 0.2) is 65.8 Å². The summed E-state index contributed by atoms with van der Waals surface area (Å²) in [6.45, 7) is 0. The maximum atomic E-state index is 12.2. The van der Waals surface area contributed by atoms with Gasteiger partial charge in [-0.05, 0) is 29.2 Å². The van der Waals surface area contributed by atoms with Gasteiger partial charge in [-0.15, -0.1) is 0 Å². The zero-order valence-corrected chi connectivity index (χ0v) is 13.2. The molecule has 2 aromatic rings. The van der Waals surface area contributed by atoms with Crippen molar-refractivity contribution < 1.29 is 14.6 Å². The number of hydrogen-bond donors (Lipinski definition) is 0. The van der Waals surface area contributed by atoms with E-state index in [9.17, 15) is 14.9 Å². The average Bonchev–Trinajstić information content (AvgIpc) is 3.03. The Hall–Kier alpha value is -3.28. The van der Waals surface area contributed by atoms with Gasteiger partial charge in [-0.2, -0.15) is 0 Å². The van der Waals surface area contributed by atoms with Crippen molar-refractivity contribution in [1.29, 1.82) is 0 Å². The van der Waals surface area contributed by atoms with E-state index in [0.717, 1.165) is 16.7 Å². The fourth-order valence-corrected chi connectivity index (χ4v) is 3.44. The van der Waals surface area contributed by atoms with Gasteiger partial charge in [-0.3, -0.25) is 10.1 Å². The normalized spacial score (nSPS) is 21.8. The first-order valence-corrected chi connectivity index (χ1v) is 7.92. The molecule has 1 aliphatic carbocycles. The molecule has 6 heteroatoms. The van der Waals surface area contributed by atoms with Crippen molar-refractivity contribution in [3.63, 3.8) is 0 Å². The predicted octanol–water partition coefficient (Wildman–Crippen LogP) is 3.69. The van der Waals surface area contributed by atoms with Gasteiger partial charge in [-0.25, -0.2) is 4.79 Å². The van der Waals surface area contributed by atoms with Crippen LogP contribution in [0.3, 0.4) is 0 Å². The van der Waals surface area contributed by atoms with E-state index in [1.54, 1.807) is 6.07 Å². The van der Waals surface area contributed by atoms with E-state index in [4.69, 9.17) is 4.84 Å². The van der Waals surface area contributed by atoms with Crippen molar-refractivity contribution in [2.45, 2.75) is 12.3 Å². The summed E-state index contributed by atoms with van der Waals surface area (Å²) in [5.41, 5.74) is 3.40. The standard InChI is InChI=1S/C19H14N2O4/c22-19-18-16(13-7-4-8-15(9-13)21(23)24)10-14(11-17(18)20-25-19)12-5-2-1-3-6-12/h1-9,11,16,18H,10H2. The molecule has 2 aliphatic rings. The van der Waals surface area contributed by atoms with Gasteiger partial charge in [-0.1, -0.05) is 47.6 Å².